The first kappa shape index (κ1) is 20.6. The molecule has 0 N–H and O–H groups in total. The van der Waals surface area contributed by atoms with Gasteiger partial charge in [-0.15, -0.1) is 0 Å². The highest BCUT2D eigenvalue weighted by atomic mass is 32.2. The number of hydrogen-bond donors (Lipinski definition) is 0. The number of nitro benzene ring substituents is 1. The number of benzene rings is 1. The predicted molar refractivity (Wildman–Crippen MR) is 106 cm³/mol. The number of ether oxygens (including phenoxy) is 2. The second kappa shape index (κ2) is 8.49. The summed E-state index contributed by atoms with van der Waals surface area (Å²) in [6, 6.07) is 5.24. The third-order valence-electron chi connectivity index (χ3n) is 3.71. The second-order valence-electron chi connectivity index (χ2n) is 5.43. The third kappa shape index (κ3) is 4.32. The van der Waals surface area contributed by atoms with Crippen LogP contribution in [0.25, 0.3) is 6.08 Å². The molecule has 12 heteroatoms. The molecule has 1 aliphatic heterocycles. The van der Waals surface area contributed by atoms with Crippen LogP contribution >= 0.6 is 24.0 Å². The molecule has 1 aromatic carbocycles. The number of anilines is 1. The zero-order valence-electron chi connectivity index (χ0n) is 14.6. The minimum atomic E-state index is -3.19. The van der Waals surface area contributed by atoms with Gasteiger partial charge in [-0.1, -0.05) is 24.0 Å². The van der Waals surface area contributed by atoms with Crippen molar-refractivity contribution in [2.75, 3.05) is 12.0 Å². The molecule has 1 aliphatic rings. The van der Waals surface area contributed by atoms with E-state index in [-0.39, 0.29) is 20.5 Å². The molecule has 0 radical (unpaired) electrons. The lowest BCUT2D eigenvalue weighted by Crippen LogP contribution is -2.27. The van der Waals surface area contributed by atoms with Crippen LogP contribution in [0.2, 0.25) is 0 Å². The number of aromatic nitrogens is 1. The first-order valence-electron chi connectivity index (χ1n) is 7.81. The summed E-state index contributed by atoms with van der Waals surface area (Å²) in [7, 11) is 1.20. The van der Waals surface area contributed by atoms with Gasteiger partial charge in [0, 0.05) is 6.20 Å². The molecular formula is C17H11F2N3O5S2. The molecule has 0 saturated carbocycles. The van der Waals surface area contributed by atoms with Crippen molar-refractivity contribution in [1.29, 1.82) is 0 Å². The molecule has 150 valence electrons. The number of thioether (sulfide) groups is 1. The highest BCUT2D eigenvalue weighted by molar-refractivity contribution is 8.27. The monoisotopic (exact) mass is 439 g/mol. The van der Waals surface area contributed by atoms with E-state index in [9.17, 15) is 23.7 Å². The number of nitro groups is 1. The van der Waals surface area contributed by atoms with Gasteiger partial charge in [0.15, 0.2) is 15.8 Å². The lowest BCUT2D eigenvalue weighted by molar-refractivity contribution is -0.385. The van der Waals surface area contributed by atoms with Gasteiger partial charge in [-0.05, 0) is 24.3 Å². The smallest absolute Gasteiger partial charge is 0.387 e. The van der Waals surface area contributed by atoms with Gasteiger partial charge >= 0.3 is 6.61 Å². The Kier molecular flexibility index (Phi) is 6.03. The largest absolute Gasteiger partial charge is 0.493 e. The van der Waals surface area contributed by atoms with Gasteiger partial charge in [0.2, 0.25) is 0 Å². The highest BCUT2D eigenvalue weighted by Crippen LogP contribution is 2.40. The van der Waals surface area contributed by atoms with Crippen LogP contribution in [-0.4, -0.2) is 33.9 Å². The summed E-state index contributed by atoms with van der Waals surface area (Å²) in [4.78, 5) is 28.7. The fourth-order valence-electron chi connectivity index (χ4n) is 2.50. The summed E-state index contributed by atoms with van der Waals surface area (Å²) in [6.45, 7) is -3.19. The molecule has 1 amide bonds. The van der Waals surface area contributed by atoms with E-state index in [1.54, 1.807) is 12.1 Å². The molecule has 0 unspecified atom stereocenters. The first-order valence-corrected chi connectivity index (χ1v) is 9.03. The Balaban J connectivity index is 2.04. The lowest BCUT2D eigenvalue weighted by Gasteiger charge is -2.13. The number of thiocarbonyl (C=S) groups is 1. The number of hydrogen-bond acceptors (Lipinski definition) is 8. The summed E-state index contributed by atoms with van der Waals surface area (Å²) < 4.78 is 34.6. The molecule has 1 fully saturated rings. The lowest BCUT2D eigenvalue weighted by atomic mass is 10.1. The van der Waals surface area contributed by atoms with E-state index in [0.717, 1.165) is 23.9 Å². The Hall–Kier alpha value is -3.12. The maximum atomic E-state index is 12.8. The van der Waals surface area contributed by atoms with Crippen LogP contribution in [0.4, 0.5) is 20.2 Å². The van der Waals surface area contributed by atoms with Gasteiger partial charge in [-0.3, -0.25) is 24.8 Å². The molecular weight excluding hydrogens is 428 g/mol. The van der Waals surface area contributed by atoms with E-state index in [1.165, 1.54) is 30.5 Å². The van der Waals surface area contributed by atoms with E-state index in [4.69, 9.17) is 17.0 Å². The number of carbonyl (C=O) groups excluding carboxylic acids is 1. The van der Waals surface area contributed by atoms with Crippen molar-refractivity contribution in [2.45, 2.75) is 6.61 Å². The number of carbonyl (C=O) groups is 1. The Morgan fingerprint density at radius 2 is 2.14 bits per heavy atom. The van der Waals surface area contributed by atoms with Gasteiger partial charge < -0.3 is 9.47 Å². The molecule has 0 atom stereocenters. The molecule has 0 spiro atoms. The first-order chi connectivity index (χ1) is 13.8. The predicted octanol–water partition coefficient (Wildman–Crippen LogP) is 4.01. The van der Waals surface area contributed by atoms with E-state index < -0.39 is 28.9 Å². The number of halogens is 2. The molecule has 2 heterocycles. The van der Waals surface area contributed by atoms with Gasteiger partial charge in [0.05, 0.1) is 40.5 Å². The van der Waals surface area contributed by atoms with Crippen molar-refractivity contribution in [3.8, 4) is 11.5 Å². The maximum absolute atomic E-state index is 12.8. The topological polar surface area (TPSA) is 94.8 Å². The van der Waals surface area contributed by atoms with Crippen molar-refractivity contribution in [3.63, 3.8) is 0 Å². The molecule has 0 aliphatic carbocycles. The molecule has 1 saturated heterocycles. The summed E-state index contributed by atoms with van der Waals surface area (Å²) >= 11 is 6.18. The quantitative estimate of drug-likeness (QED) is 0.288. The van der Waals surface area contributed by atoms with E-state index in [1.807, 2.05) is 0 Å². The van der Waals surface area contributed by atoms with Crippen molar-refractivity contribution in [3.05, 3.63) is 57.2 Å². The summed E-state index contributed by atoms with van der Waals surface area (Å²) in [6.07, 6.45) is 4.24. The molecule has 0 bridgehead atoms. The van der Waals surface area contributed by atoms with Crippen molar-refractivity contribution in [1.82, 2.24) is 4.98 Å². The zero-order valence-corrected chi connectivity index (χ0v) is 16.2. The van der Waals surface area contributed by atoms with Crippen LogP contribution in [0.3, 0.4) is 0 Å². The Labute approximate surface area is 172 Å². The van der Waals surface area contributed by atoms with Crippen molar-refractivity contribution in [2.24, 2.45) is 0 Å². The number of nitrogens with zero attached hydrogens (tertiary/aromatic N) is 3. The maximum Gasteiger partial charge on any atom is 0.387 e. The minimum absolute atomic E-state index is 0.0276. The SMILES string of the molecule is COc1cc(/C=C2\SC(=S)N(c3cccnc3)C2=O)c([N+](=O)[O-])cc1OC(F)F. The number of alkyl halides is 2. The zero-order chi connectivity index (χ0) is 21.1. The summed E-state index contributed by atoms with van der Waals surface area (Å²) in [5.41, 5.74) is -0.112. The highest BCUT2D eigenvalue weighted by Gasteiger charge is 2.34. The average molecular weight is 439 g/mol. The molecule has 3 rings (SSSR count). The Morgan fingerprint density at radius 1 is 1.38 bits per heavy atom. The fourth-order valence-corrected chi connectivity index (χ4v) is 3.79. The van der Waals surface area contributed by atoms with Crippen molar-refractivity contribution >= 4 is 51.7 Å². The molecule has 1 aromatic heterocycles. The van der Waals surface area contributed by atoms with Gasteiger partial charge in [-0.25, -0.2) is 0 Å². The van der Waals surface area contributed by atoms with E-state index in [0.29, 0.717) is 5.69 Å². The van der Waals surface area contributed by atoms with Gasteiger partial charge in [-0.2, -0.15) is 8.78 Å². The number of amides is 1. The van der Waals surface area contributed by atoms with Crippen molar-refractivity contribution < 1.29 is 28.0 Å². The van der Waals surface area contributed by atoms with E-state index >= 15 is 0 Å². The number of pyridine rings is 1. The molecule has 2 aromatic rings. The van der Waals surface area contributed by atoms with Crippen LogP contribution in [0.5, 0.6) is 11.5 Å². The van der Waals surface area contributed by atoms with Crippen LogP contribution in [0, 0.1) is 10.1 Å². The van der Waals surface area contributed by atoms with Crippen LogP contribution in [0.1, 0.15) is 5.56 Å². The summed E-state index contributed by atoms with van der Waals surface area (Å²) in [5, 5.41) is 11.4. The minimum Gasteiger partial charge on any atom is -0.493 e. The number of rotatable bonds is 6. The summed E-state index contributed by atoms with van der Waals surface area (Å²) in [5.74, 6) is -1.13. The molecule has 8 nitrogen and oxygen atoms in total. The van der Waals surface area contributed by atoms with Gasteiger partial charge in [0.25, 0.3) is 11.6 Å². The molecule has 29 heavy (non-hydrogen) atoms. The Morgan fingerprint density at radius 3 is 2.72 bits per heavy atom. The average Bonchev–Trinajstić information content (AvgIpc) is 2.95. The standard InChI is InChI=1S/C17H11F2N3O5S2/c1-26-12-5-9(11(22(24)25)7-13(12)27-16(18)19)6-14-15(23)21(17(28)29-14)10-3-2-4-20-8-10/h2-8,16H,1H3/b14-6-. The Bertz CT molecular complexity index is 1020. The fraction of sp³-hybridized carbons (Fsp3) is 0.118. The van der Waals surface area contributed by atoms with Crippen LogP contribution in [-0.2, 0) is 4.79 Å². The van der Waals surface area contributed by atoms with Crippen LogP contribution < -0.4 is 14.4 Å². The van der Waals surface area contributed by atoms with Gasteiger partial charge in [0.1, 0.15) is 0 Å². The third-order valence-corrected chi connectivity index (χ3v) is 5.01. The number of methoxy groups -OCH3 is 1. The van der Waals surface area contributed by atoms with E-state index in [2.05, 4.69) is 9.72 Å². The second-order valence-corrected chi connectivity index (χ2v) is 7.10. The van der Waals surface area contributed by atoms with Crippen LogP contribution in [0.15, 0.2) is 41.6 Å². The normalized spacial score (nSPS) is 15.3.